The summed E-state index contributed by atoms with van der Waals surface area (Å²) >= 11 is 0. The Morgan fingerprint density at radius 1 is 1.05 bits per heavy atom. The highest BCUT2D eigenvalue weighted by Crippen LogP contribution is 2.28. The van der Waals surface area contributed by atoms with Gasteiger partial charge in [0, 0.05) is 49.9 Å². The topological polar surface area (TPSA) is 86.3 Å². The molecule has 0 saturated carbocycles. The van der Waals surface area contributed by atoms with Gasteiger partial charge in [0.15, 0.2) is 5.82 Å². The molecule has 8 nitrogen and oxygen atoms in total. The minimum absolute atomic E-state index is 0.0588. The number of benzene rings is 2. The monoisotopic (exact) mass is 527 g/mol. The molecule has 2 aliphatic heterocycles. The van der Waals surface area contributed by atoms with E-state index < -0.39 is 0 Å². The van der Waals surface area contributed by atoms with Gasteiger partial charge in [0.1, 0.15) is 5.82 Å². The van der Waals surface area contributed by atoms with Gasteiger partial charge in [0.05, 0.1) is 11.0 Å². The van der Waals surface area contributed by atoms with Crippen LogP contribution in [0.5, 0.6) is 0 Å². The van der Waals surface area contributed by atoms with E-state index in [1.54, 1.807) is 0 Å². The van der Waals surface area contributed by atoms with Gasteiger partial charge in [-0.05, 0) is 80.3 Å². The maximum Gasteiger partial charge on any atom is 0.253 e. The Kier molecular flexibility index (Phi) is 7.21. The summed E-state index contributed by atoms with van der Waals surface area (Å²) in [7, 11) is 0. The van der Waals surface area contributed by atoms with E-state index in [0.29, 0.717) is 42.2 Å². The Labute approximate surface area is 229 Å². The number of amides is 1. The zero-order valence-corrected chi connectivity index (χ0v) is 23.1. The molecule has 2 aliphatic rings. The molecule has 1 atom stereocenters. The number of imidazole rings is 1. The average molecular weight is 528 g/mol. The SMILES string of the molecule is Cc1nc2cc(C(=O)N3CCCC(Cc4nc(C5CCOCC5)no4)C3)ccc2n1-c1ccc(C(C)C)cc1. The smallest absolute Gasteiger partial charge is 0.253 e. The van der Waals surface area contributed by atoms with Crippen molar-refractivity contribution in [2.24, 2.45) is 5.92 Å². The van der Waals surface area contributed by atoms with Crippen molar-refractivity contribution in [3.8, 4) is 5.69 Å². The van der Waals surface area contributed by atoms with Crippen molar-refractivity contribution < 1.29 is 14.1 Å². The Morgan fingerprint density at radius 3 is 2.62 bits per heavy atom. The van der Waals surface area contributed by atoms with Crippen molar-refractivity contribution in [1.29, 1.82) is 0 Å². The van der Waals surface area contributed by atoms with Crippen LogP contribution in [0, 0.1) is 12.8 Å². The summed E-state index contributed by atoms with van der Waals surface area (Å²) in [6, 6.07) is 14.5. The molecule has 6 rings (SSSR count). The largest absolute Gasteiger partial charge is 0.381 e. The number of ether oxygens (including phenoxy) is 1. The van der Waals surface area contributed by atoms with Crippen LogP contribution in [0.1, 0.15) is 84.8 Å². The molecule has 2 fully saturated rings. The molecule has 2 saturated heterocycles. The fraction of sp³-hybridized carbons (Fsp3) is 0.484. The van der Waals surface area contributed by atoms with Gasteiger partial charge < -0.3 is 14.2 Å². The first-order valence-corrected chi connectivity index (χ1v) is 14.2. The third-order valence-corrected chi connectivity index (χ3v) is 8.23. The van der Waals surface area contributed by atoms with Gasteiger partial charge >= 0.3 is 0 Å². The first-order valence-electron chi connectivity index (χ1n) is 14.2. The van der Waals surface area contributed by atoms with Gasteiger partial charge in [-0.3, -0.25) is 9.36 Å². The number of aryl methyl sites for hydroxylation is 1. The van der Waals surface area contributed by atoms with Crippen LogP contribution in [-0.2, 0) is 11.2 Å². The van der Waals surface area contributed by atoms with Crippen LogP contribution < -0.4 is 0 Å². The van der Waals surface area contributed by atoms with Crippen molar-refractivity contribution in [3.05, 3.63) is 71.1 Å². The molecule has 2 aromatic heterocycles. The maximum atomic E-state index is 13.5. The molecule has 4 aromatic rings. The van der Waals surface area contributed by atoms with E-state index >= 15 is 0 Å². The maximum absolute atomic E-state index is 13.5. The molecule has 0 radical (unpaired) electrons. The molecular formula is C31H37N5O3. The summed E-state index contributed by atoms with van der Waals surface area (Å²) in [6.07, 6.45) is 4.61. The molecule has 2 aromatic carbocycles. The molecule has 1 amide bonds. The lowest BCUT2D eigenvalue weighted by atomic mass is 9.94. The van der Waals surface area contributed by atoms with E-state index in [1.807, 2.05) is 30.0 Å². The van der Waals surface area contributed by atoms with Gasteiger partial charge in [-0.2, -0.15) is 4.98 Å². The molecular weight excluding hydrogens is 490 g/mol. The number of piperidine rings is 1. The van der Waals surface area contributed by atoms with Crippen molar-refractivity contribution in [2.45, 2.75) is 64.7 Å². The van der Waals surface area contributed by atoms with Crippen LogP contribution in [0.3, 0.4) is 0 Å². The third-order valence-electron chi connectivity index (χ3n) is 8.23. The number of carbonyl (C=O) groups excluding carboxylic acids is 1. The van der Waals surface area contributed by atoms with E-state index in [9.17, 15) is 4.79 Å². The second-order valence-corrected chi connectivity index (χ2v) is 11.3. The van der Waals surface area contributed by atoms with Gasteiger partial charge in [-0.15, -0.1) is 0 Å². The zero-order chi connectivity index (χ0) is 26.9. The lowest BCUT2D eigenvalue weighted by molar-refractivity contribution is 0.0668. The number of rotatable bonds is 6. The van der Waals surface area contributed by atoms with Gasteiger partial charge in [0.2, 0.25) is 5.89 Å². The van der Waals surface area contributed by atoms with Crippen molar-refractivity contribution >= 4 is 16.9 Å². The summed E-state index contributed by atoms with van der Waals surface area (Å²) in [6.45, 7) is 9.38. The third kappa shape index (κ3) is 5.35. The second kappa shape index (κ2) is 10.9. The molecule has 4 heterocycles. The highest BCUT2D eigenvalue weighted by atomic mass is 16.5. The van der Waals surface area contributed by atoms with E-state index in [0.717, 1.165) is 73.8 Å². The quantitative estimate of drug-likeness (QED) is 0.314. The standard InChI is InChI=1S/C31H37N5O3/c1-20(2)23-6-9-26(10-7-23)36-21(3)32-27-18-25(8-11-28(27)36)31(37)35-14-4-5-22(19-35)17-29-33-30(34-39-29)24-12-15-38-16-13-24/h6-11,18,20,22,24H,4-5,12-17,19H2,1-3H3. The highest BCUT2D eigenvalue weighted by molar-refractivity contribution is 5.97. The van der Waals surface area contributed by atoms with Crippen LogP contribution in [0.15, 0.2) is 47.0 Å². The summed E-state index contributed by atoms with van der Waals surface area (Å²) in [4.78, 5) is 25.0. The number of hydrogen-bond acceptors (Lipinski definition) is 6. The van der Waals surface area contributed by atoms with E-state index in [-0.39, 0.29) is 5.91 Å². The molecule has 0 aliphatic carbocycles. The number of aromatic nitrogens is 4. The first kappa shape index (κ1) is 25.7. The Morgan fingerprint density at radius 2 is 1.85 bits per heavy atom. The van der Waals surface area contributed by atoms with E-state index in [2.05, 4.69) is 47.8 Å². The molecule has 0 spiro atoms. The first-order chi connectivity index (χ1) is 19.0. The Hall–Kier alpha value is -3.52. The average Bonchev–Trinajstić information content (AvgIpc) is 3.56. The highest BCUT2D eigenvalue weighted by Gasteiger charge is 2.28. The summed E-state index contributed by atoms with van der Waals surface area (Å²) in [5.41, 5.74) is 4.93. The van der Waals surface area contributed by atoms with Crippen LogP contribution in [-0.4, -0.2) is 56.8 Å². The Balaban J connectivity index is 1.15. The predicted molar refractivity (Wildman–Crippen MR) is 149 cm³/mol. The van der Waals surface area contributed by atoms with Crippen LogP contribution in [0.2, 0.25) is 0 Å². The minimum Gasteiger partial charge on any atom is -0.381 e. The molecule has 39 heavy (non-hydrogen) atoms. The molecule has 0 bridgehead atoms. The number of fused-ring (bicyclic) bond motifs is 1. The van der Waals surface area contributed by atoms with Gasteiger partial charge in [0.25, 0.3) is 5.91 Å². The minimum atomic E-state index is 0.0588. The molecule has 204 valence electrons. The van der Waals surface area contributed by atoms with Crippen LogP contribution in [0.4, 0.5) is 0 Å². The summed E-state index contributed by atoms with van der Waals surface area (Å²) < 4.78 is 13.2. The number of carbonyl (C=O) groups is 1. The number of hydrogen-bond donors (Lipinski definition) is 0. The fourth-order valence-corrected chi connectivity index (χ4v) is 5.99. The van der Waals surface area contributed by atoms with E-state index in [4.69, 9.17) is 19.2 Å². The van der Waals surface area contributed by atoms with Crippen molar-refractivity contribution in [2.75, 3.05) is 26.3 Å². The normalized spacial score (nSPS) is 18.8. The second-order valence-electron chi connectivity index (χ2n) is 11.3. The van der Waals surface area contributed by atoms with Crippen molar-refractivity contribution in [3.63, 3.8) is 0 Å². The lowest BCUT2D eigenvalue weighted by Gasteiger charge is -2.32. The fourth-order valence-electron chi connectivity index (χ4n) is 5.99. The predicted octanol–water partition coefficient (Wildman–Crippen LogP) is 5.83. The van der Waals surface area contributed by atoms with Gasteiger partial charge in [-0.25, -0.2) is 4.98 Å². The number of likely N-dealkylation sites (tertiary alicyclic amines) is 1. The molecule has 1 unspecified atom stereocenters. The van der Waals surface area contributed by atoms with Crippen LogP contribution in [0.25, 0.3) is 16.7 Å². The van der Waals surface area contributed by atoms with Crippen molar-refractivity contribution in [1.82, 2.24) is 24.6 Å². The summed E-state index contributed by atoms with van der Waals surface area (Å²) in [5, 5.41) is 4.25. The van der Waals surface area contributed by atoms with Gasteiger partial charge in [-0.1, -0.05) is 31.1 Å². The lowest BCUT2D eigenvalue weighted by Crippen LogP contribution is -2.40. The Bertz CT molecular complexity index is 1450. The van der Waals surface area contributed by atoms with E-state index in [1.165, 1.54) is 5.56 Å². The molecule has 0 N–H and O–H groups in total. The number of nitrogens with zero attached hydrogens (tertiary/aromatic N) is 5. The molecule has 8 heteroatoms. The van der Waals surface area contributed by atoms with Crippen LogP contribution >= 0.6 is 0 Å². The summed E-state index contributed by atoms with van der Waals surface area (Å²) in [5.74, 6) is 3.57. The zero-order valence-electron chi connectivity index (χ0n) is 23.1.